The van der Waals surface area contributed by atoms with E-state index >= 15 is 0 Å². The molecule has 0 saturated carbocycles. The zero-order valence-corrected chi connectivity index (χ0v) is 13.4. The predicted molar refractivity (Wildman–Crippen MR) is 93.0 cm³/mol. The third-order valence-electron chi connectivity index (χ3n) is 3.30. The molecule has 0 saturated heterocycles. The molecule has 0 fully saturated rings. The average molecular weight is 341 g/mol. The summed E-state index contributed by atoms with van der Waals surface area (Å²) in [7, 11) is -3.70. The molecule has 0 spiro atoms. The number of nitrogens with one attached hydrogen (secondary N) is 1. The van der Waals surface area contributed by atoms with Crippen molar-refractivity contribution in [3.8, 4) is 11.3 Å². The Morgan fingerprint density at radius 3 is 2.38 bits per heavy atom. The van der Waals surface area contributed by atoms with E-state index in [1.54, 1.807) is 24.3 Å². The summed E-state index contributed by atoms with van der Waals surface area (Å²) in [5, 5.41) is 8.17. The molecule has 0 radical (unpaired) electrons. The van der Waals surface area contributed by atoms with E-state index in [1.165, 1.54) is 18.5 Å². The molecular formula is C16H15N5O2S. The van der Waals surface area contributed by atoms with Crippen LogP contribution in [0.2, 0.25) is 0 Å². The number of sulfonamides is 1. The van der Waals surface area contributed by atoms with E-state index < -0.39 is 10.0 Å². The maximum atomic E-state index is 11.3. The van der Waals surface area contributed by atoms with Crippen LogP contribution in [-0.4, -0.2) is 18.4 Å². The Balaban J connectivity index is 1.85. The Kier molecular flexibility index (Phi) is 4.15. The van der Waals surface area contributed by atoms with E-state index in [0.29, 0.717) is 17.2 Å². The smallest absolute Gasteiger partial charge is 0.238 e. The van der Waals surface area contributed by atoms with Crippen molar-refractivity contribution in [2.45, 2.75) is 4.90 Å². The van der Waals surface area contributed by atoms with E-state index in [1.807, 2.05) is 18.2 Å². The zero-order valence-electron chi connectivity index (χ0n) is 12.5. The number of aromatic nitrogens is 2. The fourth-order valence-corrected chi connectivity index (χ4v) is 2.67. The van der Waals surface area contributed by atoms with Crippen LogP contribution in [0.5, 0.6) is 0 Å². The summed E-state index contributed by atoms with van der Waals surface area (Å²) < 4.78 is 22.5. The Bertz CT molecular complexity index is 972. The van der Waals surface area contributed by atoms with Crippen molar-refractivity contribution in [2.24, 2.45) is 5.14 Å². The van der Waals surface area contributed by atoms with Crippen molar-refractivity contribution in [1.29, 1.82) is 0 Å². The molecule has 3 aromatic rings. The van der Waals surface area contributed by atoms with E-state index in [-0.39, 0.29) is 4.90 Å². The second-order valence-electron chi connectivity index (χ2n) is 5.11. The first-order valence-electron chi connectivity index (χ1n) is 7.00. The van der Waals surface area contributed by atoms with Gasteiger partial charge in [-0.15, -0.1) is 0 Å². The first-order chi connectivity index (χ1) is 11.4. The van der Waals surface area contributed by atoms with Crippen molar-refractivity contribution in [3.05, 3.63) is 60.9 Å². The van der Waals surface area contributed by atoms with Gasteiger partial charge in [-0.25, -0.2) is 23.5 Å². The number of benzene rings is 2. The summed E-state index contributed by atoms with van der Waals surface area (Å²) in [6.07, 6.45) is 1.44. The number of nitrogens with two attached hydrogens (primary N) is 2. The van der Waals surface area contributed by atoms with Gasteiger partial charge in [-0.2, -0.15) is 0 Å². The first kappa shape index (κ1) is 15.9. The molecule has 0 atom stereocenters. The van der Waals surface area contributed by atoms with Crippen molar-refractivity contribution >= 4 is 27.2 Å². The quantitative estimate of drug-likeness (QED) is 0.624. The third-order valence-corrected chi connectivity index (χ3v) is 4.23. The minimum absolute atomic E-state index is 0.0520. The standard InChI is InChI=1S/C16H15N5O2S/c17-12-3-1-2-11(8-12)15-9-16(20-10-19-15)21-13-4-6-14(7-5-13)24(18,22)23/h1-10H,17H2,(H2,18,22,23)(H,19,20,21). The molecular weight excluding hydrogens is 326 g/mol. The lowest BCUT2D eigenvalue weighted by atomic mass is 10.1. The summed E-state index contributed by atoms with van der Waals surface area (Å²) in [6.45, 7) is 0. The molecule has 7 nitrogen and oxygen atoms in total. The molecule has 122 valence electrons. The van der Waals surface area contributed by atoms with Crippen molar-refractivity contribution in [1.82, 2.24) is 9.97 Å². The molecule has 24 heavy (non-hydrogen) atoms. The van der Waals surface area contributed by atoms with E-state index in [9.17, 15) is 8.42 Å². The number of primary sulfonamides is 1. The molecule has 2 aromatic carbocycles. The van der Waals surface area contributed by atoms with Gasteiger partial charge in [0.1, 0.15) is 12.1 Å². The maximum Gasteiger partial charge on any atom is 0.238 e. The Morgan fingerprint density at radius 1 is 0.958 bits per heavy atom. The van der Waals surface area contributed by atoms with Gasteiger partial charge >= 0.3 is 0 Å². The largest absolute Gasteiger partial charge is 0.399 e. The van der Waals surface area contributed by atoms with Gasteiger partial charge in [0.25, 0.3) is 0 Å². The van der Waals surface area contributed by atoms with Crippen LogP contribution < -0.4 is 16.2 Å². The molecule has 8 heteroatoms. The number of nitrogens with zero attached hydrogens (tertiary/aromatic N) is 2. The molecule has 1 aromatic heterocycles. The molecule has 0 aliphatic rings. The number of nitrogen functional groups attached to an aromatic ring is 1. The monoisotopic (exact) mass is 341 g/mol. The summed E-state index contributed by atoms with van der Waals surface area (Å²) in [5.41, 5.74) is 8.72. The SMILES string of the molecule is Nc1cccc(-c2cc(Nc3ccc(S(N)(=O)=O)cc3)ncn2)c1. The molecule has 1 heterocycles. The van der Waals surface area contributed by atoms with Crippen molar-refractivity contribution in [2.75, 3.05) is 11.1 Å². The highest BCUT2D eigenvalue weighted by Crippen LogP contribution is 2.23. The predicted octanol–water partition coefficient (Wildman–Crippen LogP) is 2.12. The maximum absolute atomic E-state index is 11.3. The Labute approximate surface area is 139 Å². The molecule has 0 bridgehead atoms. The molecule has 0 aliphatic heterocycles. The molecule has 5 N–H and O–H groups in total. The second kappa shape index (κ2) is 6.26. The first-order valence-corrected chi connectivity index (χ1v) is 8.54. The lowest BCUT2D eigenvalue weighted by molar-refractivity contribution is 0.598. The fraction of sp³-hybridized carbons (Fsp3) is 0. The third kappa shape index (κ3) is 3.67. The van der Waals surface area contributed by atoms with Gasteiger partial charge in [0.2, 0.25) is 10.0 Å². The van der Waals surface area contributed by atoms with Gasteiger partial charge < -0.3 is 11.1 Å². The van der Waals surface area contributed by atoms with Crippen LogP contribution in [0, 0.1) is 0 Å². The average Bonchev–Trinajstić information content (AvgIpc) is 2.55. The van der Waals surface area contributed by atoms with Crippen LogP contribution in [0.15, 0.2) is 65.8 Å². The number of rotatable bonds is 4. The molecule has 0 aliphatic carbocycles. The summed E-state index contributed by atoms with van der Waals surface area (Å²) in [5.74, 6) is 0.575. The van der Waals surface area contributed by atoms with Gasteiger partial charge in [-0.1, -0.05) is 12.1 Å². The van der Waals surface area contributed by atoms with Gasteiger partial charge in [-0.05, 0) is 36.4 Å². The highest BCUT2D eigenvalue weighted by molar-refractivity contribution is 7.89. The number of anilines is 3. The Hall–Kier alpha value is -2.97. The van der Waals surface area contributed by atoms with Crippen LogP contribution in [0.1, 0.15) is 0 Å². The summed E-state index contributed by atoms with van der Waals surface area (Å²) in [4.78, 5) is 8.45. The molecule has 0 unspecified atom stereocenters. The lowest BCUT2D eigenvalue weighted by Gasteiger charge is -2.08. The fourth-order valence-electron chi connectivity index (χ4n) is 2.16. The topological polar surface area (TPSA) is 124 Å². The molecule has 3 rings (SSSR count). The van der Waals surface area contributed by atoms with Crippen molar-refractivity contribution in [3.63, 3.8) is 0 Å². The summed E-state index contributed by atoms with van der Waals surface area (Å²) in [6, 6.07) is 15.3. The van der Waals surface area contributed by atoms with Gasteiger partial charge in [0, 0.05) is 23.0 Å². The Morgan fingerprint density at radius 2 is 1.71 bits per heavy atom. The van der Waals surface area contributed by atoms with E-state index in [4.69, 9.17) is 10.9 Å². The van der Waals surface area contributed by atoms with Crippen LogP contribution in [0.3, 0.4) is 0 Å². The van der Waals surface area contributed by atoms with Crippen molar-refractivity contribution < 1.29 is 8.42 Å². The van der Waals surface area contributed by atoms with Crippen LogP contribution in [0.25, 0.3) is 11.3 Å². The highest BCUT2D eigenvalue weighted by Gasteiger charge is 2.07. The van der Waals surface area contributed by atoms with Crippen LogP contribution in [-0.2, 0) is 10.0 Å². The zero-order chi connectivity index (χ0) is 17.2. The van der Waals surface area contributed by atoms with E-state index in [0.717, 1.165) is 11.3 Å². The second-order valence-corrected chi connectivity index (χ2v) is 6.67. The highest BCUT2D eigenvalue weighted by atomic mass is 32.2. The van der Waals surface area contributed by atoms with Gasteiger partial charge in [-0.3, -0.25) is 0 Å². The van der Waals surface area contributed by atoms with E-state index in [2.05, 4.69) is 15.3 Å². The minimum Gasteiger partial charge on any atom is -0.399 e. The lowest BCUT2D eigenvalue weighted by Crippen LogP contribution is -2.11. The van der Waals surface area contributed by atoms with Crippen LogP contribution in [0.4, 0.5) is 17.2 Å². The molecule has 0 amide bonds. The van der Waals surface area contributed by atoms with Gasteiger partial charge in [0.05, 0.1) is 10.6 Å². The number of hydrogen-bond acceptors (Lipinski definition) is 6. The summed E-state index contributed by atoms with van der Waals surface area (Å²) >= 11 is 0. The van der Waals surface area contributed by atoms with Crippen LogP contribution >= 0.6 is 0 Å². The van der Waals surface area contributed by atoms with Gasteiger partial charge in [0.15, 0.2) is 0 Å². The normalized spacial score (nSPS) is 11.2. The minimum atomic E-state index is -3.70. The number of hydrogen-bond donors (Lipinski definition) is 3.